The third-order valence-electron chi connectivity index (χ3n) is 8.42. The van der Waals surface area contributed by atoms with Gasteiger partial charge in [-0.1, -0.05) is 46.4 Å². The number of nitrogen functional groups attached to an aromatic ring is 2. The summed E-state index contributed by atoms with van der Waals surface area (Å²) in [5, 5.41) is 19.3. The van der Waals surface area contributed by atoms with Crippen LogP contribution in [0.1, 0.15) is 21.6 Å². The number of carbonyl (C=O) groups excluding carboxylic acids is 1. The fraction of sp³-hybridized carbons (Fsp3) is 0.162. The van der Waals surface area contributed by atoms with Crippen LogP contribution in [0.15, 0.2) is 98.4 Å². The zero-order chi connectivity index (χ0) is 54.6. The average Bonchev–Trinajstić information content (AvgIpc) is 4.07. The summed E-state index contributed by atoms with van der Waals surface area (Å²) < 4.78 is 150. The van der Waals surface area contributed by atoms with Gasteiger partial charge in [-0.05, 0) is 80.4 Å². The van der Waals surface area contributed by atoms with E-state index in [-0.39, 0.29) is 32.9 Å². The lowest BCUT2D eigenvalue weighted by Crippen LogP contribution is -2.31. The lowest BCUT2D eigenvalue weighted by Gasteiger charge is -2.14. The SMILES string of the molecule is COC(OC)OC.NNC(=O)c1ncc(Cl)cc1NS(=O)(=O)c1ccc(Cl)c(C(F)(F)F)c1.Nc1[nH]ncc1Br.O=S(=O)(Nc1cc(Cl)cnc1-c1nncn1-c1[nH]ncc1Br)c1ccc(Cl)c(C(F)(F)F)c1. The second kappa shape index (κ2) is 25.7. The second-order valence-electron chi connectivity index (χ2n) is 13.3. The molecule has 5 aromatic heterocycles. The van der Waals surface area contributed by atoms with Gasteiger partial charge >= 0.3 is 12.4 Å². The van der Waals surface area contributed by atoms with Gasteiger partial charge in [-0.25, -0.2) is 32.6 Å². The summed E-state index contributed by atoms with van der Waals surface area (Å²) >= 11 is 29.2. The van der Waals surface area contributed by atoms with E-state index in [2.05, 4.69) is 91.4 Å². The number of amides is 1. The number of aromatic nitrogens is 9. The number of benzene rings is 2. The number of H-pyrrole nitrogens is 2. The van der Waals surface area contributed by atoms with Crippen LogP contribution < -0.4 is 26.4 Å². The Kier molecular flexibility index (Phi) is 21.2. The van der Waals surface area contributed by atoms with Gasteiger partial charge in [0.05, 0.1) is 73.7 Å². The number of halogens is 12. The molecule has 7 rings (SSSR count). The van der Waals surface area contributed by atoms with E-state index < -0.39 is 81.4 Å². The molecule has 9 N–H and O–H groups in total. The number of nitrogens with one attached hydrogen (secondary N) is 5. The molecule has 0 aliphatic rings. The Balaban J connectivity index is 0.000000254. The van der Waals surface area contributed by atoms with Crippen molar-refractivity contribution in [2.24, 2.45) is 5.84 Å². The maximum atomic E-state index is 13.2. The molecule has 1 amide bonds. The summed E-state index contributed by atoms with van der Waals surface area (Å²) in [6.07, 6.45) is -2.97. The Bertz CT molecular complexity index is 3240. The molecule has 394 valence electrons. The van der Waals surface area contributed by atoms with Crippen molar-refractivity contribution in [3.8, 4) is 17.3 Å². The first kappa shape index (κ1) is 60.2. The smallest absolute Gasteiger partial charge is 0.383 e. The van der Waals surface area contributed by atoms with Gasteiger partial charge in [-0.2, -0.15) is 36.5 Å². The van der Waals surface area contributed by atoms with Gasteiger partial charge in [0, 0.05) is 33.7 Å². The van der Waals surface area contributed by atoms with Crippen molar-refractivity contribution in [3.63, 3.8) is 0 Å². The number of hydrogen-bond acceptors (Lipinski definition) is 16. The van der Waals surface area contributed by atoms with E-state index >= 15 is 0 Å². The van der Waals surface area contributed by atoms with Crippen LogP contribution >= 0.6 is 78.3 Å². The van der Waals surface area contributed by atoms with E-state index in [1.54, 1.807) is 11.6 Å². The van der Waals surface area contributed by atoms with Crippen molar-refractivity contribution in [2.45, 2.75) is 28.6 Å². The molecule has 0 unspecified atom stereocenters. The van der Waals surface area contributed by atoms with Gasteiger partial charge in [0.15, 0.2) is 11.5 Å². The number of hydrogen-bond donors (Lipinski definition) is 7. The average molecular weight is 1280 g/mol. The van der Waals surface area contributed by atoms with Crippen LogP contribution in [0.25, 0.3) is 17.3 Å². The van der Waals surface area contributed by atoms with Crippen molar-refractivity contribution in [3.05, 3.63) is 126 Å². The zero-order valence-electron chi connectivity index (χ0n) is 36.5. The highest BCUT2D eigenvalue weighted by Crippen LogP contribution is 2.38. The highest BCUT2D eigenvalue weighted by Gasteiger charge is 2.36. The molecule has 73 heavy (non-hydrogen) atoms. The van der Waals surface area contributed by atoms with Gasteiger partial charge in [0.1, 0.15) is 23.7 Å². The summed E-state index contributed by atoms with van der Waals surface area (Å²) in [7, 11) is -4.50. The Hall–Kier alpha value is -5.39. The largest absolute Gasteiger partial charge is 0.417 e. The van der Waals surface area contributed by atoms with Crippen molar-refractivity contribution < 1.29 is 62.2 Å². The zero-order valence-corrected chi connectivity index (χ0v) is 44.3. The van der Waals surface area contributed by atoms with Crippen molar-refractivity contribution in [2.75, 3.05) is 36.5 Å². The number of rotatable bonds is 12. The second-order valence-corrected chi connectivity index (χ2v) is 20.0. The minimum atomic E-state index is -4.86. The monoisotopic (exact) mass is 1280 g/mol. The van der Waals surface area contributed by atoms with Crippen molar-refractivity contribution in [1.29, 1.82) is 0 Å². The van der Waals surface area contributed by atoms with Crippen LogP contribution in [0, 0.1) is 0 Å². The van der Waals surface area contributed by atoms with Crippen LogP contribution in [0.5, 0.6) is 0 Å². The van der Waals surface area contributed by atoms with E-state index in [0.29, 0.717) is 28.2 Å². The quantitative estimate of drug-likeness (QED) is 0.0198. The molecular weight excluding hydrogens is 1250 g/mol. The first-order valence-electron chi connectivity index (χ1n) is 18.8. The maximum absolute atomic E-state index is 13.2. The predicted molar refractivity (Wildman–Crippen MR) is 260 cm³/mol. The number of carbonyl (C=O) groups is 1. The topological polar surface area (TPSA) is 315 Å². The Morgan fingerprint density at radius 3 is 1.62 bits per heavy atom. The Morgan fingerprint density at radius 2 is 1.21 bits per heavy atom. The van der Waals surface area contributed by atoms with E-state index in [4.69, 9.17) is 58.0 Å². The lowest BCUT2D eigenvalue weighted by molar-refractivity contribution is -0.252. The molecule has 0 saturated carbocycles. The minimum absolute atomic E-state index is 0.00647. The molecule has 5 heterocycles. The van der Waals surface area contributed by atoms with Crippen LogP contribution in [0.3, 0.4) is 0 Å². The molecule has 7 aromatic rings. The van der Waals surface area contributed by atoms with Gasteiger partial charge < -0.3 is 19.9 Å². The standard InChI is InChI=1S/C17H9BrCl2F3N7O2S.C13H9Cl2F3N4O3S.C4H10O3.C3H4BrN3/c18-11-6-25-27-15(11)30-7-26-28-16(30)14-13(3-8(19)5-24-14)29-33(31,32)9-1-2-12(20)10(4-9)17(21,22)23;14-6-3-10(11(20-5-6)12(23)21-19)22-26(24,25)7-1-2-9(15)8(4-7)13(16,17)18;1-5-4(6-2)7-3;4-2-1-6-7-3(2)5/h1-7,29H,(H,25,27);1-5,22H,19H2,(H,21,23);4H,1-3H3;1H,(H3,5,6,7). The lowest BCUT2D eigenvalue weighted by atomic mass is 10.2. The number of pyridine rings is 2. The summed E-state index contributed by atoms with van der Waals surface area (Å²) in [6.45, 7) is -0.514. The van der Waals surface area contributed by atoms with Crippen LogP contribution in [0.4, 0.5) is 43.5 Å². The molecule has 0 aliphatic carbocycles. The van der Waals surface area contributed by atoms with Crippen molar-refractivity contribution in [1.82, 2.24) is 50.6 Å². The van der Waals surface area contributed by atoms with Gasteiger partial charge in [-0.3, -0.25) is 34.4 Å². The van der Waals surface area contributed by atoms with E-state index in [9.17, 15) is 48.0 Å². The molecule has 22 nitrogen and oxygen atoms in total. The molecule has 0 fully saturated rings. The van der Waals surface area contributed by atoms with Crippen LogP contribution in [-0.2, 0) is 46.6 Å². The first-order valence-corrected chi connectivity index (χ1v) is 24.9. The van der Waals surface area contributed by atoms with E-state index in [1.807, 2.05) is 4.72 Å². The number of nitrogens with two attached hydrogens (primary N) is 2. The predicted octanol–water partition coefficient (Wildman–Crippen LogP) is 8.72. The number of alkyl halides is 6. The summed E-state index contributed by atoms with van der Waals surface area (Å²) in [5.74, 6) is 5.13. The van der Waals surface area contributed by atoms with Crippen molar-refractivity contribution >= 4 is 121 Å². The number of sulfonamides is 2. The Morgan fingerprint density at radius 1 is 0.726 bits per heavy atom. The summed E-state index contributed by atoms with van der Waals surface area (Å²) in [5.41, 5.74) is 3.48. The molecule has 0 radical (unpaired) electrons. The number of methoxy groups -OCH3 is 3. The molecule has 0 spiro atoms. The molecule has 36 heteroatoms. The van der Waals surface area contributed by atoms with Gasteiger partial charge in [0.25, 0.3) is 32.4 Å². The third-order valence-corrected chi connectivity index (χ3v) is 13.4. The molecule has 2 aromatic carbocycles. The number of nitrogens with zero attached hydrogens (tertiary/aromatic N) is 7. The highest BCUT2D eigenvalue weighted by molar-refractivity contribution is 9.11. The van der Waals surface area contributed by atoms with Gasteiger partial charge in [-0.15, -0.1) is 10.2 Å². The first-order chi connectivity index (χ1) is 34.1. The third kappa shape index (κ3) is 16.3. The fourth-order valence-electron chi connectivity index (χ4n) is 5.21. The summed E-state index contributed by atoms with van der Waals surface area (Å²) in [6, 6.07) is 6.56. The number of aromatic amines is 2. The fourth-order valence-corrected chi connectivity index (χ4v) is 8.71. The normalized spacial score (nSPS) is 11.6. The molecule has 0 saturated heterocycles. The number of ether oxygens (including phenoxy) is 3. The number of anilines is 3. The van der Waals surface area contributed by atoms with Crippen LogP contribution in [0.2, 0.25) is 20.1 Å². The van der Waals surface area contributed by atoms with E-state index in [0.717, 1.165) is 41.0 Å². The molecular formula is C37H32Br2Cl4F6N14O8S2. The minimum Gasteiger partial charge on any atom is -0.383 e. The molecule has 0 aliphatic heterocycles. The number of hydrazine groups is 1. The maximum Gasteiger partial charge on any atom is 0.417 e. The van der Waals surface area contributed by atoms with Gasteiger partial charge in [0.2, 0.25) is 0 Å². The molecule has 0 atom stereocenters. The highest BCUT2D eigenvalue weighted by atomic mass is 79.9. The Labute approximate surface area is 445 Å². The van der Waals surface area contributed by atoms with Crippen LogP contribution in [-0.4, -0.2) is 95.7 Å². The molecule has 0 bridgehead atoms. The van der Waals surface area contributed by atoms with E-state index in [1.165, 1.54) is 50.7 Å². The summed E-state index contributed by atoms with van der Waals surface area (Å²) in [4.78, 5) is 18.0.